The van der Waals surface area contributed by atoms with Gasteiger partial charge in [-0.05, 0) is 50.1 Å². The highest BCUT2D eigenvalue weighted by Crippen LogP contribution is 2.27. The van der Waals surface area contributed by atoms with Gasteiger partial charge in [0.1, 0.15) is 0 Å². The number of aryl methyl sites for hydroxylation is 1. The average Bonchev–Trinajstić information content (AvgIpc) is 3.28. The van der Waals surface area contributed by atoms with Gasteiger partial charge in [-0.1, -0.05) is 30.3 Å². The Morgan fingerprint density at radius 1 is 1.12 bits per heavy atom. The van der Waals surface area contributed by atoms with E-state index in [1.54, 1.807) is 0 Å². The summed E-state index contributed by atoms with van der Waals surface area (Å²) in [6, 6.07) is 14.6. The molecule has 0 fully saturated rings. The van der Waals surface area contributed by atoms with Crippen molar-refractivity contribution in [2.24, 2.45) is 0 Å². The van der Waals surface area contributed by atoms with Crippen LogP contribution in [0.3, 0.4) is 0 Å². The number of hydrogen-bond acceptors (Lipinski definition) is 4. The van der Waals surface area contributed by atoms with Gasteiger partial charge >= 0.3 is 0 Å². The van der Waals surface area contributed by atoms with Crippen LogP contribution < -0.4 is 0 Å². The fourth-order valence-electron chi connectivity index (χ4n) is 3.09. The lowest BCUT2D eigenvalue weighted by Crippen LogP contribution is -2.01. The molecule has 5 heteroatoms. The zero-order valence-corrected chi connectivity index (χ0v) is 14.6. The van der Waals surface area contributed by atoms with Crippen LogP contribution in [0.2, 0.25) is 0 Å². The van der Waals surface area contributed by atoms with Crippen molar-refractivity contribution < 1.29 is 4.52 Å². The van der Waals surface area contributed by atoms with E-state index < -0.39 is 0 Å². The van der Waals surface area contributed by atoms with Crippen molar-refractivity contribution in [3.63, 3.8) is 0 Å². The molecule has 25 heavy (non-hydrogen) atoms. The van der Waals surface area contributed by atoms with Gasteiger partial charge in [0.15, 0.2) is 0 Å². The van der Waals surface area contributed by atoms with E-state index >= 15 is 0 Å². The van der Waals surface area contributed by atoms with Crippen molar-refractivity contribution in [1.82, 2.24) is 19.9 Å². The second-order valence-corrected chi connectivity index (χ2v) is 6.39. The molecule has 0 atom stereocenters. The Morgan fingerprint density at radius 2 is 1.96 bits per heavy atom. The Balaban J connectivity index is 1.74. The molecule has 126 valence electrons. The average molecular weight is 332 g/mol. The van der Waals surface area contributed by atoms with Crippen molar-refractivity contribution in [2.45, 2.75) is 33.2 Å². The Morgan fingerprint density at radius 3 is 2.76 bits per heavy atom. The minimum Gasteiger partial charge on any atom is -0.334 e. The molecular formula is C20H20N4O. The maximum atomic E-state index is 5.52. The van der Waals surface area contributed by atoms with Crippen molar-refractivity contribution in [3.05, 3.63) is 54.2 Å². The van der Waals surface area contributed by atoms with E-state index in [1.807, 2.05) is 35.1 Å². The summed E-state index contributed by atoms with van der Waals surface area (Å²) in [7, 11) is 0. The molecule has 0 aliphatic rings. The van der Waals surface area contributed by atoms with Gasteiger partial charge in [-0.15, -0.1) is 0 Å². The Labute approximate surface area is 146 Å². The van der Waals surface area contributed by atoms with Crippen LogP contribution in [0.15, 0.2) is 53.2 Å². The molecule has 5 nitrogen and oxygen atoms in total. The minimum absolute atomic E-state index is 0.325. The van der Waals surface area contributed by atoms with Crippen LogP contribution in [0.1, 0.15) is 32.4 Å². The van der Waals surface area contributed by atoms with E-state index in [2.05, 4.69) is 54.2 Å². The molecule has 0 N–H and O–H groups in total. The van der Waals surface area contributed by atoms with E-state index in [0.717, 1.165) is 28.5 Å². The van der Waals surface area contributed by atoms with Crippen LogP contribution in [0.5, 0.6) is 0 Å². The number of hydrogen-bond donors (Lipinski definition) is 0. The zero-order valence-electron chi connectivity index (χ0n) is 14.6. The summed E-state index contributed by atoms with van der Waals surface area (Å²) in [5, 5.41) is 9.71. The number of nitrogens with zero attached hydrogens (tertiary/aromatic N) is 4. The Hall–Kier alpha value is -2.95. The highest BCUT2D eigenvalue weighted by Gasteiger charge is 2.14. The van der Waals surface area contributed by atoms with Crippen LogP contribution in [-0.4, -0.2) is 19.9 Å². The first-order valence-corrected chi connectivity index (χ1v) is 8.57. The lowest BCUT2D eigenvalue weighted by atomic mass is 10.1. The third-order valence-electron chi connectivity index (χ3n) is 4.40. The highest BCUT2D eigenvalue weighted by molar-refractivity contribution is 5.83. The number of rotatable bonds is 4. The van der Waals surface area contributed by atoms with E-state index in [4.69, 9.17) is 4.52 Å². The number of aromatic nitrogens is 4. The van der Waals surface area contributed by atoms with E-state index in [1.165, 1.54) is 5.56 Å². The zero-order chi connectivity index (χ0) is 17.4. The first-order valence-electron chi connectivity index (χ1n) is 8.57. The largest absolute Gasteiger partial charge is 0.334 e. The normalized spacial score (nSPS) is 11.5. The minimum atomic E-state index is 0.325. The van der Waals surface area contributed by atoms with E-state index in [0.29, 0.717) is 17.8 Å². The smallest absolute Gasteiger partial charge is 0.258 e. The van der Waals surface area contributed by atoms with Crippen LogP contribution in [0, 0.1) is 0 Å². The molecule has 0 amide bonds. The summed E-state index contributed by atoms with van der Waals surface area (Å²) in [6.07, 6.45) is 2.81. The van der Waals surface area contributed by atoms with Crippen LogP contribution in [0.4, 0.5) is 0 Å². The third kappa shape index (κ3) is 2.71. The van der Waals surface area contributed by atoms with Crippen LogP contribution >= 0.6 is 0 Å². The summed E-state index contributed by atoms with van der Waals surface area (Å²) in [5.41, 5.74) is 4.24. The van der Waals surface area contributed by atoms with Gasteiger partial charge in [0.25, 0.3) is 5.89 Å². The maximum Gasteiger partial charge on any atom is 0.258 e. The van der Waals surface area contributed by atoms with Gasteiger partial charge in [-0.25, -0.2) is 0 Å². The molecule has 0 unspecified atom stereocenters. The summed E-state index contributed by atoms with van der Waals surface area (Å²) in [4.78, 5) is 4.60. The van der Waals surface area contributed by atoms with E-state index in [-0.39, 0.29) is 0 Å². The molecule has 2 heterocycles. The maximum absolute atomic E-state index is 5.52. The standard InChI is InChI=1S/C20H20N4O/c1-4-14-7-5-6-8-17(14)20-22-19(23-25-20)15-9-10-18-16(11-15)12-21-24(18)13(2)3/h5-13H,4H2,1-3H3. The third-order valence-corrected chi connectivity index (χ3v) is 4.40. The molecule has 4 rings (SSSR count). The molecule has 0 bridgehead atoms. The van der Waals surface area contributed by atoms with Crippen molar-refractivity contribution in [1.29, 1.82) is 0 Å². The van der Waals surface area contributed by atoms with Crippen LogP contribution in [-0.2, 0) is 6.42 Å². The van der Waals surface area contributed by atoms with Gasteiger partial charge in [0.05, 0.1) is 11.7 Å². The molecule has 2 aromatic carbocycles. The molecule has 2 aromatic heterocycles. The molecule has 0 saturated carbocycles. The van der Waals surface area contributed by atoms with Gasteiger partial charge < -0.3 is 4.52 Å². The second-order valence-electron chi connectivity index (χ2n) is 6.39. The van der Waals surface area contributed by atoms with Gasteiger partial charge in [-0.2, -0.15) is 10.1 Å². The molecular weight excluding hydrogens is 312 g/mol. The lowest BCUT2D eigenvalue weighted by Gasteiger charge is -2.06. The Bertz CT molecular complexity index is 1030. The molecule has 0 radical (unpaired) electrons. The van der Waals surface area contributed by atoms with Gasteiger partial charge in [0.2, 0.25) is 5.82 Å². The van der Waals surface area contributed by atoms with Crippen molar-refractivity contribution in [2.75, 3.05) is 0 Å². The molecule has 0 saturated heterocycles. The molecule has 0 aliphatic heterocycles. The molecule has 4 aromatic rings. The second kappa shape index (κ2) is 6.16. The number of benzene rings is 2. The summed E-state index contributed by atoms with van der Waals surface area (Å²) >= 11 is 0. The monoisotopic (exact) mass is 332 g/mol. The summed E-state index contributed by atoms with van der Waals surface area (Å²) < 4.78 is 7.53. The number of fused-ring (bicyclic) bond motifs is 1. The predicted molar refractivity (Wildman–Crippen MR) is 98.2 cm³/mol. The van der Waals surface area contributed by atoms with Crippen molar-refractivity contribution >= 4 is 10.9 Å². The fourth-order valence-corrected chi connectivity index (χ4v) is 3.09. The molecule has 0 aliphatic carbocycles. The van der Waals surface area contributed by atoms with Gasteiger partial charge in [-0.3, -0.25) is 4.68 Å². The quantitative estimate of drug-likeness (QED) is 0.533. The summed E-state index contributed by atoms with van der Waals surface area (Å²) in [6.45, 7) is 6.37. The molecule has 0 spiro atoms. The first kappa shape index (κ1) is 15.6. The lowest BCUT2D eigenvalue weighted by molar-refractivity contribution is 0.432. The topological polar surface area (TPSA) is 56.7 Å². The Kier molecular flexibility index (Phi) is 3.84. The predicted octanol–water partition coefficient (Wildman–Crippen LogP) is 4.90. The van der Waals surface area contributed by atoms with Crippen molar-refractivity contribution in [3.8, 4) is 22.8 Å². The fraction of sp³-hybridized carbons (Fsp3) is 0.250. The SMILES string of the molecule is CCc1ccccc1-c1nc(-c2ccc3c(cnn3C(C)C)c2)no1. The van der Waals surface area contributed by atoms with Crippen LogP contribution in [0.25, 0.3) is 33.7 Å². The highest BCUT2D eigenvalue weighted by atomic mass is 16.5. The summed E-state index contributed by atoms with van der Waals surface area (Å²) in [5.74, 6) is 1.16. The first-order chi connectivity index (χ1) is 12.2. The van der Waals surface area contributed by atoms with Gasteiger partial charge in [0, 0.05) is 22.6 Å². The van der Waals surface area contributed by atoms with E-state index in [9.17, 15) is 0 Å².